The van der Waals surface area contributed by atoms with Gasteiger partial charge in [-0.3, -0.25) is 0 Å². The number of nitrogens with one attached hydrogen (secondary N) is 1. The highest BCUT2D eigenvalue weighted by molar-refractivity contribution is 7.89. The zero-order valence-electron chi connectivity index (χ0n) is 11.9. The van der Waals surface area contributed by atoms with Gasteiger partial charge in [0, 0.05) is 19.2 Å². The number of aliphatic hydroxyl groups is 1. The lowest BCUT2D eigenvalue weighted by molar-refractivity contribution is -0.0659. The summed E-state index contributed by atoms with van der Waals surface area (Å²) in [6.07, 6.45) is 2.77. The Bertz CT molecular complexity index is 648. The van der Waals surface area contributed by atoms with Crippen LogP contribution in [0.5, 0.6) is 0 Å². The largest absolute Gasteiger partial charge is 0.384 e. The van der Waals surface area contributed by atoms with Crippen LogP contribution < -0.4 is 4.72 Å². The Hall–Kier alpha value is -1.39. The lowest BCUT2D eigenvalue weighted by atomic mass is 9.80. The fraction of sp³-hybridized carbons (Fsp3) is 0.467. The van der Waals surface area contributed by atoms with Crippen LogP contribution >= 0.6 is 0 Å². The minimum atomic E-state index is -3.65. The first-order valence-corrected chi connectivity index (χ1v) is 8.25. The molecule has 6 heteroatoms. The van der Waals surface area contributed by atoms with Crippen molar-refractivity contribution in [2.75, 3.05) is 20.3 Å². The van der Waals surface area contributed by atoms with Crippen LogP contribution in [0.15, 0.2) is 29.2 Å². The van der Waals surface area contributed by atoms with Crippen molar-refractivity contribution in [3.63, 3.8) is 0 Å². The summed E-state index contributed by atoms with van der Waals surface area (Å²) in [6, 6.07) is 6.48. The first-order chi connectivity index (χ1) is 10.0. The normalized spacial score (nSPS) is 16.7. The van der Waals surface area contributed by atoms with E-state index >= 15 is 0 Å². The number of methoxy groups -OCH3 is 1. The van der Waals surface area contributed by atoms with E-state index in [-0.39, 0.29) is 23.6 Å². The van der Waals surface area contributed by atoms with Gasteiger partial charge in [0.25, 0.3) is 0 Å². The third kappa shape index (κ3) is 3.63. The molecule has 1 aromatic rings. The molecule has 0 atom stereocenters. The minimum Gasteiger partial charge on any atom is -0.384 e. The van der Waals surface area contributed by atoms with Crippen molar-refractivity contribution in [3.8, 4) is 11.8 Å². The van der Waals surface area contributed by atoms with Crippen molar-refractivity contribution in [1.29, 1.82) is 0 Å². The molecule has 0 heterocycles. The predicted octanol–water partition coefficient (Wildman–Crippen LogP) is 0.878. The fourth-order valence-corrected chi connectivity index (χ4v) is 3.54. The van der Waals surface area contributed by atoms with Gasteiger partial charge in [0.1, 0.15) is 6.61 Å². The molecule has 1 aromatic carbocycles. The maximum Gasteiger partial charge on any atom is 0.241 e. The van der Waals surface area contributed by atoms with Gasteiger partial charge >= 0.3 is 0 Å². The highest BCUT2D eigenvalue weighted by Crippen LogP contribution is 2.34. The van der Waals surface area contributed by atoms with Gasteiger partial charge in [-0.2, -0.15) is 0 Å². The Balaban J connectivity index is 2.20. The third-order valence-corrected chi connectivity index (χ3v) is 5.22. The van der Waals surface area contributed by atoms with Crippen molar-refractivity contribution in [2.45, 2.75) is 29.8 Å². The maximum atomic E-state index is 12.4. The molecule has 0 amide bonds. The Morgan fingerprint density at radius 1 is 1.38 bits per heavy atom. The first-order valence-electron chi connectivity index (χ1n) is 6.77. The van der Waals surface area contributed by atoms with Gasteiger partial charge in [-0.15, -0.1) is 0 Å². The maximum absolute atomic E-state index is 12.4. The van der Waals surface area contributed by atoms with Crippen LogP contribution in [0.25, 0.3) is 0 Å². The second kappa shape index (κ2) is 6.58. The summed E-state index contributed by atoms with van der Waals surface area (Å²) < 4.78 is 32.9. The average molecular weight is 309 g/mol. The highest BCUT2D eigenvalue weighted by Gasteiger charge is 2.38. The van der Waals surface area contributed by atoms with E-state index < -0.39 is 10.0 Å². The molecular formula is C15H19NO4S. The fourth-order valence-electron chi connectivity index (χ4n) is 2.27. The number of sulfonamides is 1. The number of benzene rings is 1. The molecule has 2 N–H and O–H groups in total. The number of ether oxygens (including phenoxy) is 1. The van der Waals surface area contributed by atoms with Gasteiger partial charge in [-0.05, 0) is 31.4 Å². The zero-order valence-corrected chi connectivity index (χ0v) is 12.7. The molecule has 0 aromatic heterocycles. The van der Waals surface area contributed by atoms with Gasteiger partial charge in [-0.1, -0.05) is 24.0 Å². The number of hydrogen-bond acceptors (Lipinski definition) is 4. The van der Waals surface area contributed by atoms with Crippen LogP contribution in [0.3, 0.4) is 0 Å². The molecule has 0 unspecified atom stereocenters. The topological polar surface area (TPSA) is 75.6 Å². The zero-order chi connectivity index (χ0) is 15.3. The molecule has 1 saturated carbocycles. The van der Waals surface area contributed by atoms with Gasteiger partial charge < -0.3 is 9.84 Å². The van der Waals surface area contributed by atoms with Crippen LogP contribution in [0.4, 0.5) is 0 Å². The quantitative estimate of drug-likeness (QED) is 0.792. The van der Waals surface area contributed by atoms with E-state index in [1.54, 1.807) is 25.3 Å². The van der Waals surface area contributed by atoms with E-state index in [0.717, 1.165) is 19.3 Å². The summed E-state index contributed by atoms with van der Waals surface area (Å²) in [5, 5.41) is 8.75. The van der Waals surface area contributed by atoms with Gasteiger partial charge in [0.15, 0.2) is 0 Å². The van der Waals surface area contributed by atoms with Crippen molar-refractivity contribution in [3.05, 3.63) is 29.8 Å². The molecule has 21 heavy (non-hydrogen) atoms. The highest BCUT2D eigenvalue weighted by atomic mass is 32.2. The minimum absolute atomic E-state index is 0.122. The Morgan fingerprint density at radius 3 is 2.67 bits per heavy atom. The summed E-state index contributed by atoms with van der Waals surface area (Å²) in [7, 11) is -2.05. The molecule has 114 valence electrons. The van der Waals surface area contributed by atoms with Crippen molar-refractivity contribution in [1.82, 2.24) is 4.72 Å². The van der Waals surface area contributed by atoms with Crippen molar-refractivity contribution >= 4 is 10.0 Å². The molecule has 1 aliphatic carbocycles. The van der Waals surface area contributed by atoms with Crippen molar-refractivity contribution < 1.29 is 18.3 Å². The molecule has 0 saturated heterocycles. The van der Waals surface area contributed by atoms with Gasteiger partial charge in [-0.25, -0.2) is 13.1 Å². The molecule has 0 bridgehead atoms. The summed E-state index contributed by atoms with van der Waals surface area (Å²) in [5.41, 5.74) is -0.00201. The van der Waals surface area contributed by atoms with Crippen LogP contribution in [0, 0.1) is 11.8 Å². The van der Waals surface area contributed by atoms with E-state index in [2.05, 4.69) is 16.6 Å². The average Bonchev–Trinajstić information content (AvgIpc) is 2.44. The van der Waals surface area contributed by atoms with Crippen LogP contribution in [0.1, 0.15) is 24.8 Å². The van der Waals surface area contributed by atoms with Crippen LogP contribution in [-0.4, -0.2) is 39.4 Å². The van der Waals surface area contributed by atoms with Gasteiger partial charge in [0.2, 0.25) is 10.0 Å². The lowest BCUT2D eigenvalue weighted by Crippen LogP contribution is -2.49. The van der Waals surface area contributed by atoms with E-state index in [1.807, 2.05) is 0 Å². The molecule has 0 spiro atoms. The SMILES string of the molecule is COC1(CNS(=O)(=O)c2ccccc2C#CCO)CCC1. The standard InChI is InChI=1S/C15H19NO4S/c1-20-15(9-5-10-15)12-16-21(18,19)14-8-3-2-6-13(14)7-4-11-17/h2-3,6,8,16-17H,5,9-12H2,1H3. The summed E-state index contributed by atoms with van der Waals surface area (Å²) in [4.78, 5) is 0.122. The molecule has 0 aliphatic heterocycles. The summed E-state index contributed by atoms with van der Waals surface area (Å²) >= 11 is 0. The van der Waals surface area contributed by atoms with Crippen molar-refractivity contribution in [2.24, 2.45) is 0 Å². The van der Waals surface area contributed by atoms with E-state index in [9.17, 15) is 8.42 Å². The Kier molecular flexibility index (Phi) is 5.01. The van der Waals surface area contributed by atoms with E-state index in [1.165, 1.54) is 6.07 Å². The molecular weight excluding hydrogens is 290 g/mol. The van der Waals surface area contributed by atoms with E-state index in [4.69, 9.17) is 9.84 Å². The number of rotatable bonds is 5. The second-order valence-electron chi connectivity index (χ2n) is 5.02. The number of hydrogen-bond donors (Lipinski definition) is 2. The summed E-state index contributed by atoms with van der Waals surface area (Å²) in [6.45, 7) is -0.0534. The van der Waals surface area contributed by atoms with Crippen LogP contribution in [-0.2, 0) is 14.8 Å². The molecule has 1 fully saturated rings. The van der Waals surface area contributed by atoms with Crippen LogP contribution in [0.2, 0.25) is 0 Å². The lowest BCUT2D eigenvalue weighted by Gasteiger charge is -2.40. The predicted molar refractivity (Wildman–Crippen MR) is 79.2 cm³/mol. The Morgan fingerprint density at radius 2 is 2.10 bits per heavy atom. The second-order valence-corrected chi connectivity index (χ2v) is 6.76. The molecule has 5 nitrogen and oxygen atoms in total. The molecule has 1 aliphatic rings. The smallest absolute Gasteiger partial charge is 0.241 e. The Labute approximate surface area is 125 Å². The summed E-state index contributed by atoms with van der Waals surface area (Å²) in [5.74, 6) is 5.13. The van der Waals surface area contributed by atoms with Gasteiger partial charge in [0.05, 0.1) is 10.5 Å². The molecule has 2 rings (SSSR count). The molecule has 0 radical (unpaired) electrons. The monoisotopic (exact) mass is 309 g/mol. The third-order valence-electron chi connectivity index (χ3n) is 3.76. The first kappa shape index (κ1) is 16.0. The number of aliphatic hydroxyl groups excluding tert-OH is 1. The van der Waals surface area contributed by atoms with E-state index in [0.29, 0.717) is 5.56 Å².